The van der Waals surface area contributed by atoms with Gasteiger partial charge in [-0.15, -0.1) is 0 Å². The molecule has 1 atom stereocenters. The molecular formula is C19H32N4O. The van der Waals surface area contributed by atoms with E-state index < -0.39 is 0 Å². The summed E-state index contributed by atoms with van der Waals surface area (Å²) >= 11 is 0. The minimum Gasteiger partial charge on any atom is -0.497 e. The number of benzene rings is 1. The van der Waals surface area contributed by atoms with Gasteiger partial charge in [0.2, 0.25) is 0 Å². The molecule has 2 N–H and O–H groups in total. The van der Waals surface area contributed by atoms with Gasteiger partial charge in [-0.1, -0.05) is 19.1 Å². The zero-order valence-corrected chi connectivity index (χ0v) is 15.3. The van der Waals surface area contributed by atoms with E-state index in [9.17, 15) is 0 Å². The number of rotatable bonds is 8. The summed E-state index contributed by atoms with van der Waals surface area (Å²) in [5.74, 6) is 1.82. The summed E-state index contributed by atoms with van der Waals surface area (Å²) in [5, 5.41) is 6.88. The summed E-state index contributed by atoms with van der Waals surface area (Å²) in [4.78, 5) is 6.87. The van der Waals surface area contributed by atoms with Gasteiger partial charge in [-0.05, 0) is 56.5 Å². The normalized spacial score (nSPS) is 18.6. The summed E-state index contributed by atoms with van der Waals surface area (Å²) < 4.78 is 5.19. The second-order valence-corrected chi connectivity index (χ2v) is 6.26. The van der Waals surface area contributed by atoms with E-state index in [1.54, 1.807) is 7.11 Å². The second kappa shape index (κ2) is 10.2. The molecule has 1 aromatic rings. The van der Waals surface area contributed by atoms with Crippen molar-refractivity contribution in [2.75, 3.05) is 40.3 Å². The first-order chi connectivity index (χ1) is 11.8. The van der Waals surface area contributed by atoms with E-state index in [0.717, 1.165) is 44.2 Å². The van der Waals surface area contributed by atoms with Crippen LogP contribution in [0.2, 0.25) is 0 Å². The molecule has 0 amide bonds. The van der Waals surface area contributed by atoms with Crippen LogP contribution in [0.3, 0.4) is 0 Å². The number of likely N-dealkylation sites (N-methyl/N-ethyl adjacent to an activating group) is 1. The van der Waals surface area contributed by atoms with Gasteiger partial charge >= 0.3 is 0 Å². The van der Waals surface area contributed by atoms with Crippen molar-refractivity contribution in [2.45, 2.75) is 38.6 Å². The first-order valence-electron chi connectivity index (χ1n) is 9.08. The number of hydrogen-bond acceptors (Lipinski definition) is 3. The lowest BCUT2D eigenvalue weighted by Crippen LogP contribution is -2.45. The number of aryl methyl sites for hydroxylation is 1. The maximum atomic E-state index is 5.19. The van der Waals surface area contributed by atoms with Crippen molar-refractivity contribution in [3.63, 3.8) is 0 Å². The number of guanidine groups is 1. The van der Waals surface area contributed by atoms with Crippen LogP contribution in [-0.2, 0) is 6.42 Å². The maximum Gasteiger partial charge on any atom is 0.191 e. The lowest BCUT2D eigenvalue weighted by Gasteiger charge is -2.24. The molecule has 1 aliphatic heterocycles. The Hall–Kier alpha value is -1.75. The molecule has 1 aromatic carbocycles. The van der Waals surface area contributed by atoms with Gasteiger partial charge in [-0.2, -0.15) is 0 Å². The molecule has 1 fully saturated rings. The van der Waals surface area contributed by atoms with E-state index in [-0.39, 0.29) is 0 Å². The fraction of sp³-hybridized carbons (Fsp3) is 0.632. The van der Waals surface area contributed by atoms with Gasteiger partial charge in [0.25, 0.3) is 0 Å². The van der Waals surface area contributed by atoms with Crippen molar-refractivity contribution in [3.05, 3.63) is 29.8 Å². The van der Waals surface area contributed by atoms with Crippen LogP contribution in [0.15, 0.2) is 29.3 Å². The minimum absolute atomic E-state index is 0.646. The van der Waals surface area contributed by atoms with E-state index in [1.807, 2.05) is 19.2 Å². The van der Waals surface area contributed by atoms with Crippen LogP contribution in [0.5, 0.6) is 5.75 Å². The molecule has 0 bridgehead atoms. The molecule has 2 rings (SSSR count). The van der Waals surface area contributed by atoms with E-state index in [0.29, 0.717) is 6.04 Å². The highest BCUT2D eigenvalue weighted by atomic mass is 16.5. The molecule has 0 radical (unpaired) electrons. The molecule has 1 saturated heterocycles. The van der Waals surface area contributed by atoms with Gasteiger partial charge in [-0.25, -0.2) is 0 Å². The van der Waals surface area contributed by atoms with Gasteiger partial charge in [0.15, 0.2) is 5.96 Å². The van der Waals surface area contributed by atoms with Crippen molar-refractivity contribution < 1.29 is 4.74 Å². The van der Waals surface area contributed by atoms with Crippen molar-refractivity contribution in [1.29, 1.82) is 0 Å². The van der Waals surface area contributed by atoms with Crippen LogP contribution in [-0.4, -0.2) is 57.2 Å². The standard InChI is InChI=1S/C19H32N4O/c1-4-23-14-6-8-17(23)15-22-19(20-2)21-13-5-7-16-9-11-18(24-3)12-10-16/h9-12,17H,4-8,13-15H2,1-3H3,(H2,20,21,22). The third kappa shape index (κ3) is 5.71. The Kier molecular flexibility index (Phi) is 7.89. The fourth-order valence-electron chi connectivity index (χ4n) is 3.27. The molecule has 5 heteroatoms. The topological polar surface area (TPSA) is 48.9 Å². The van der Waals surface area contributed by atoms with Crippen LogP contribution >= 0.6 is 0 Å². The Morgan fingerprint density at radius 3 is 2.75 bits per heavy atom. The number of nitrogens with one attached hydrogen (secondary N) is 2. The Bertz CT molecular complexity index is 501. The zero-order chi connectivity index (χ0) is 17.2. The van der Waals surface area contributed by atoms with Crippen LogP contribution in [0.4, 0.5) is 0 Å². The molecule has 0 saturated carbocycles. The van der Waals surface area contributed by atoms with Crippen LogP contribution in [0.1, 0.15) is 31.7 Å². The Labute approximate surface area is 146 Å². The lowest BCUT2D eigenvalue weighted by atomic mass is 10.1. The lowest BCUT2D eigenvalue weighted by molar-refractivity contribution is 0.267. The summed E-state index contributed by atoms with van der Waals surface area (Å²) in [6.45, 7) is 6.52. The molecule has 1 aliphatic rings. The van der Waals surface area contributed by atoms with E-state index >= 15 is 0 Å². The molecule has 0 spiro atoms. The smallest absolute Gasteiger partial charge is 0.191 e. The van der Waals surface area contributed by atoms with Gasteiger partial charge in [0.05, 0.1) is 7.11 Å². The second-order valence-electron chi connectivity index (χ2n) is 6.26. The minimum atomic E-state index is 0.646. The van der Waals surface area contributed by atoms with E-state index in [2.05, 4.69) is 39.6 Å². The molecule has 24 heavy (non-hydrogen) atoms. The van der Waals surface area contributed by atoms with Crippen molar-refractivity contribution >= 4 is 5.96 Å². The highest BCUT2D eigenvalue weighted by Crippen LogP contribution is 2.15. The van der Waals surface area contributed by atoms with Crippen LogP contribution in [0, 0.1) is 0 Å². The number of nitrogens with zero attached hydrogens (tertiary/aromatic N) is 2. The summed E-state index contributed by atoms with van der Waals surface area (Å²) in [6, 6.07) is 8.94. The van der Waals surface area contributed by atoms with Gasteiger partial charge in [-0.3, -0.25) is 9.89 Å². The average Bonchev–Trinajstić information content (AvgIpc) is 3.09. The number of methoxy groups -OCH3 is 1. The summed E-state index contributed by atoms with van der Waals surface area (Å²) in [6.07, 6.45) is 4.74. The first kappa shape index (κ1) is 18.6. The average molecular weight is 332 g/mol. The van der Waals surface area contributed by atoms with E-state index in [4.69, 9.17) is 4.74 Å². The fourth-order valence-corrected chi connectivity index (χ4v) is 3.27. The summed E-state index contributed by atoms with van der Waals surface area (Å²) in [5.41, 5.74) is 1.34. The number of aliphatic imine (C=N–C) groups is 1. The largest absolute Gasteiger partial charge is 0.497 e. The van der Waals surface area contributed by atoms with Gasteiger partial charge in [0, 0.05) is 26.2 Å². The highest BCUT2D eigenvalue weighted by molar-refractivity contribution is 5.79. The Balaban J connectivity index is 1.64. The first-order valence-corrected chi connectivity index (χ1v) is 9.08. The predicted octanol–water partition coefficient (Wildman–Crippen LogP) is 2.28. The number of ether oxygens (including phenoxy) is 1. The van der Waals surface area contributed by atoms with Crippen LogP contribution < -0.4 is 15.4 Å². The highest BCUT2D eigenvalue weighted by Gasteiger charge is 2.22. The van der Waals surface area contributed by atoms with Crippen LogP contribution in [0.25, 0.3) is 0 Å². The molecule has 1 heterocycles. The molecule has 134 valence electrons. The maximum absolute atomic E-state index is 5.19. The Morgan fingerprint density at radius 2 is 2.08 bits per heavy atom. The molecule has 5 nitrogen and oxygen atoms in total. The third-order valence-electron chi connectivity index (χ3n) is 4.73. The summed E-state index contributed by atoms with van der Waals surface area (Å²) in [7, 11) is 3.54. The van der Waals surface area contributed by atoms with Gasteiger partial charge < -0.3 is 15.4 Å². The predicted molar refractivity (Wildman–Crippen MR) is 101 cm³/mol. The molecular weight excluding hydrogens is 300 g/mol. The zero-order valence-electron chi connectivity index (χ0n) is 15.3. The van der Waals surface area contributed by atoms with E-state index in [1.165, 1.54) is 24.9 Å². The third-order valence-corrected chi connectivity index (χ3v) is 4.73. The molecule has 0 aromatic heterocycles. The SMILES string of the molecule is CCN1CCCC1CNC(=NC)NCCCc1ccc(OC)cc1. The number of likely N-dealkylation sites (tertiary alicyclic amines) is 1. The monoisotopic (exact) mass is 332 g/mol. The van der Waals surface area contributed by atoms with Crippen molar-refractivity contribution in [3.8, 4) is 5.75 Å². The molecule has 0 aliphatic carbocycles. The van der Waals surface area contributed by atoms with Crippen molar-refractivity contribution in [2.24, 2.45) is 4.99 Å². The van der Waals surface area contributed by atoms with Gasteiger partial charge in [0.1, 0.15) is 5.75 Å². The quantitative estimate of drug-likeness (QED) is 0.436. The Morgan fingerprint density at radius 1 is 1.29 bits per heavy atom. The number of hydrogen-bond donors (Lipinski definition) is 2. The van der Waals surface area contributed by atoms with Crippen molar-refractivity contribution in [1.82, 2.24) is 15.5 Å². The molecule has 1 unspecified atom stereocenters.